The van der Waals surface area contributed by atoms with Crippen molar-refractivity contribution in [3.05, 3.63) is 12.7 Å². The number of halogens is 1. The maximum atomic E-state index is 8.49. The first-order valence-electron chi connectivity index (χ1n) is 4.94. The molecule has 88 valence electrons. The van der Waals surface area contributed by atoms with Gasteiger partial charge in [0.15, 0.2) is 0 Å². The smallest absolute Gasteiger partial charge is 0.0779 e. The molecule has 0 aliphatic carbocycles. The number of rotatable bonds is 1. The van der Waals surface area contributed by atoms with Crippen molar-refractivity contribution in [1.29, 1.82) is 0 Å². The molecule has 0 aromatic carbocycles. The van der Waals surface area contributed by atoms with Crippen LogP contribution in [0.1, 0.15) is 19.3 Å². The van der Waals surface area contributed by atoms with Gasteiger partial charge in [-0.15, -0.1) is 16.8 Å². The van der Waals surface area contributed by atoms with Crippen LogP contribution in [0.5, 0.6) is 0 Å². The van der Waals surface area contributed by atoms with Crippen molar-refractivity contribution >= 4 is 0 Å². The molecule has 3 aliphatic heterocycles. The average molecular weight is 238 g/mol. The lowest BCUT2D eigenvalue weighted by Gasteiger charge is -2.43. The summed E-state index contributed by atoms with van der Waals surface area (Å²) in [4.78, 5) is 1.82. The maximum Gasteiger partial charge on any atom is 0.0779 e. The average Bonchev–Trinajstić information content (AvgIpc) is 2.18. The summed E-state index contributed by atoms with van der Waals surface area (Å²) in [6.45, 7) is 8.13. The highest BCUT2D eigenvalue weighted by atomic mass is 35.7. The van der Waals surface area contributed by atoms with E-state index < -0.39 is 10.2 Å². The van der Waals surface area contributed by atoms with Crippen molar-refractivity contribution in [2.75, 3.05) is 19.6 Å². The molecule has 0 atom stereocenters. The third-order valence-corrected chi connectivity index (χ3v) is 3.36. The number of piperidine rings is 3. The van der Waals surface area contributed by atoms with Gasteiger partial charge in [0, 0.05) is 24.7 Å². The Hall–Kier alpha value is -0.170. The SMILES string of the molecule is C=CC12CC[NH+](CC1)CC2.[O-][Cl+3]([O-])([O-])[O-]. The Morgan fingerprint density at radius 1 is 1.00 bits per heavy atom. The van der Waals surface area contributed by atoms with Gasteiger partial charge < -0.3 is 4.90 Å². The van der Waals surface area contributed by atoms with Crippen molar-refractivity contribution in [1.82, 2.24) is 0 Å². The zero-order chi connectivity index (χ0) is 11.5. The van der Waals surface area contributed by atoms with E-state index in [4.69, 9.17) is 18.6 Å². The van der Waals surface area contributed by atoms with Gasteiger partial charge in [0.25, 0.3) is 0 Å². The van der Waals surface area contributed by atoms with E-state index in [1.54, 1.807) is 0 Å². The molecule has 3 rings (SSSR count). The second kappa shape index (κ2) is 4.78. The van der Waals surface area contributed by atoms with Crippen LogP contribution < -0.4 is 23.5 Å². The van der Waals surface area contributed by atoms with Crippen molar-refractivity contribution in [3.63, 3.8) is 0 Å². The number of nitrogens with one attached hydrogen (secondary N) is 1. The van der Waals surface area contributed by atoms with E-state index in [9.17, 15) is 0 Å². The van der Waals surface area contributed by atoms with Crippen LogP contribution in [-0.4, -0.2) is 19.6 Å². The first-order chi connectivity index (χ1) is 6.85. The number of hydrogen-bond donors (Lipinski definition) is 1. The molecule has 0 spiro atoms. The van der Waals surface area contributed by atoms with Gasteiger partial charge in [-0.2, -0.15) is 0 Å². The van der Waals surface area contributed by atoms with Crippen molar-refractivity contribution in [2.45, 2.75) is 19.3 Å². The molecule has 0 aromatic heterocycles. The molecule has 6 heteroatoms. The van der Waals surface area contributed by atoms with Crippen molar-refractivity contribution in [2.24, 2.45) is 5.41 Å². The topological polar surface area (TPSA) is 96.7 Å². The van der Waals surface area contributed by atoms with E-state index in [0.717, 1.165) is 0 Å². The molecule has 0 saturated carbocycles. The standard InChI is InChI=1S/C9H15N.ClHO4/c1-2-9-3-6-10(7-4-9)8-5-9;2-1(3,4)5/h2H,1,3-8H2;(H,2,3,4,5). The highest BCUT2D eigenvalue weighted by Gasteiger charge is 2.39. The minimum Gasteiger partial charge on any atom is -0.335 e. The van der Waals surface area contributed by atoms with E-state index in [2.05, 4.69) is 12.7 Å². The summed E-state index contributed by atoms with van der Waals surface area (Å²) in [7, 11) is -4.94. The number of fused-ring (bicyclic) bond motifs is 3. The van der Waals surface area contributed by atoms with Gasteiger partial charge in [0.05, 0.1) is 19.6 Å². The fraction of sp³-hybridized carbons (Fsp3) is 0.778. The Morgan fingerprint density at radius 3 is 1.53 bits per heavy atom. The molecule has 3 heterocycles. The van der Waals surface area contributed by atoms with Crippen LogP contribution >= 0.6 is 0 Å². The summed E-state index contributed by atoms with van der Waals surface area (Å²) in [5.41, 5.74) is 0.571. The molecule has 0 amide bonds. The first kappa shape index (κ1) is 12.9. The van der Waals surface area contributed by atoms with Crippen LogP contribution in [0, 0.1) is 15.7 Å². The molecule has 15 heavy (non-hydrogen) atoms. The van der Waals surface area contributed by atoms with Crippen LogP contribution in [-0.2, 0) is 0 Å². The van der Waals surface area contributed by atoms with Crippen LogP contribution in [0.4, 0.5) is 0 Å². The van der Waals surface area contributed by atoms with E-state index in [1.165, 1.54) is 38.9 Å². The third kappa shape index (κ3) is 4.46. The van der Waals surface area contributed by atoms with Gasteiger partial charge in [-0.25, -0.2) is 18.6 Å². The summed E-state index contributed by atoms with van der Waals surface area (Å²) in [5, 5.41) is 0. The van der Waals surface area contributed by atoms with E-state index >= 15 is 0 Å². The van der Waals surface area contributed by atoms with E-state index in [1.807, 2.05) is 4.90 Å². The Kier molecular flexibility index (Phi) is 4.11. The van der Waals surface area contributed by atoms with Crippen LogP contribution in [0.2, 0.25) is 0 Å². The Balaban J connectivity index is 0.000000195. The van der Waals surface area contributed by atoms with Gasteiger partial charge in [-0.05, 0) is 0 Å². The summed E-state index contributed by atoms with van der Waals surface area (Å²) in [5.74, 6) is 0. The molecule has 1 N–H and O–H groups in total. The van der Waals surface area contributed by atoms with E-state index in [0.29, 0.717) is 5.41 Å². The van der Waals surface area contributed by atoms with Gasteiger partial charge in [-0.3, -0.25) is 0 Å². The second-order valence-electron chi connectivity index (χ2n) is 4.19. The predicted molar refractivity (Wildman–Crippen MR) is 42.0 cm³/mol. The zero-order valence-electron chi connectivity index (χ0n) is 8.54. The highest BCUT2D eigenvalue weighted by molar-refractivity contribution is 4.97. The monoisotopic (exact) mass is 237 g/mol. The van der Waals surface area contributed by atoms with Gasteiger partial charge >= 0.3 is 0 Å². The molecule has 3 fully saturated rings. The van der Waals surface area contributed by atoms with E-state index in [-0.39, 0.29) is 0 Å². The van der Waals surface area contributed by atoms with Gasteiger partial charge in [-0.1, -0.05) is 6.08 Å². The Morgan fingerprint density at radius 2 is 1.33 bits per heavy atom. The lowest BCUT2D eigenvalue weighted by molar-refractivity contribution is -2.00. The van der Waals surface area contributed by atoms with Gasteiger partial charge in [0.2, 0.25) is 0 Å². The normalized spacial score (nSPS) is 34.3. The number of quaternary nitrogens is 1. The predicted octanol–water partition coefficient (Wildman–Crippen LogP) is -4.51. The van der Waals surface area contributed by atoms with Crippen LogP contribution in [0.15, 0.2) is 12.7 Å². The summed E-state index contributed by atoms with van der Waals surface area (Å²) in [6, 6.07) is 0. The number of hydrogen-bond acceptors (Lipinski definition) is 4. The lowest BCUT2D eigenvalue weighted by Crippen LogP contribution is -3.15. The molecule has 0 radical (unpaired) electrons. The Labute approximate surface area is 91.4 Å². The summed E-state index contributed by atoms with van der Waals surface area (Å²) >= 11 is 0. The second-order valence-corrected chi connectivity index (χ2v) is 4.95. The highest BCUT2D eigenvalue weighted by Crippen LogP contribution is 2.34. The largest absolute Gasteiger partial charge is 0.335 e. The minimum atomic E-state index is -4.94. The number of allylic oxidation sites excluding steroid dienone is 1. The molecule has 3 aliphatic rings. The van der Waals surface area contributed by atoms with Gasteiger partial charge in [0.1, 0.15) is 0 Å². The molecule has 0 aromatic rings. The molecular weight excluding hydrogens is 222 g/mol. The van der Waals surface area contributed by atoms with Crippen molar-refractivity contribution in [3.8, 4) is 0 Å². The maximum absolute atomic E-state index is 8.49. The summed E-state index contributed by atoms with van der Waals surface area (Å²) < 4.78 is 34.0. The molecule has 2 bridgehead atoms. The molecule has 3 saturated heterocycles. The van der Waals surface area contributed by atoms with Crippen LogP contribution in [0.25, 0.3) is 0 Å². The fourth-order valence-corrected chi connectivity index (χ4v) is 2.33. The first-order valence-corrected chi connectivity index (χ1v) is 6.17. The Bertz CT molecular complexity index is 201. The molecular formula is C9H16ClNO4. The summed E-state index contributed by atoms with van der Waals surface area (Å²) in [6.07, 6.45) is 6.40. The third-order valence-electron chi connectivity index (χ3n) is 3.36. The molecule has 5 nitrogen and oxygen atoms in total. The van der Waals surface area contributed by atoms with Crippen molar-refractivity contribution < 1.29 is 33.8 Å². The quantitative estimate of drug-likeness (QED) is 0.465. The lowest BCUT2D eigenvalue weighted by atomic mass is 9.72. The minimum absolute atomic E-state index is 0.571. The zero-order valence-corrected chi connectivity index (χ0v) is 9.29. The molecule has 0 unspecified atom stereocenters. The fourth-order valence-electron chi connectivity index (χ4n) is 2.33. The van der Waals surface area contributed by atoms with Crippen LogP contribution in [0.3, 0.4) is 0 Å².